The van der Waals surface area contributed by atoms with Gasteiger partial charge in [0.2, 0.25) is 5.88 Å². The van der Waals surface area contributed by atoms with Crippen LogP contribution in [0.1, 0.15) is 35.3 Å². The van der Waals surface area contributed by atoms with Gasteiger partial charge in [-0.05, 0) is 20.3 Å². The molecule has 0 unspecified atom stereocenters. The minimum absolute atomic E-state index is 0.479. The Morgan fingerprint density at radius 3 is 2.70 bits per heavy atom. The van der Waals surface area contributed by atoms with Crippen molar-refractivity contribution < 1.29 is 4.74 Å². The van der Waals surface area contributed by atoms with Gasteiger partial charge in [-0.15, -0.1) is 11.3 Å². The van der Waals surface area contributed by atoms with E-state index in [2.05, 4.69) is 21.9 Å². The molecule has 0 fully saturated rings. The lowest BCUT2D eigenvalue weighted by Crippen LogP contribution is -2.07. The zero-order valence-electron chi connectivity index (χ0n) is 11.9. The zero-order chi connectivity index (χ0) is 14.5. The maximum Gasteiger partial charge on any atom is 0.221 e. The molecule has 0 saturated carbocycles. The van der Waals surface area contributed by atoms with Crippen LogP contribution in [0.25, 0.3) is 0 Å². The van der Waals surface area contributed by atoms with Crippen LogP contribution in [0.2, 0.25) is 5.15 Å². The van der Waals surface area contributed by atoms with Crippen LogP contribution in [0.4, 0.5) is 0 Å². The second-order valence-corrected chi connectivity index (χ2v) is 5.87. The van der Waals surface area contributed by atoms with Crippen LogP contribution < -0.4 is 4.74 Å². The molecule has 0 bridgehead atoms. The Morgan fingerprint density at radius 2 is 2.05 bits per heavy atom. The third kappa shape index (κ3) is 3.67. The fourth-order valence-electron chi connectivity index (χ4n) is 1.79. The summed E-state index contributed by atoms with van der Waals surface area (Å²) in [7, 11) is 0. The summed E-state index contributed by atoms with van der Waals surface area (Å²) in [5, 5.41) is 0.479. The second-order valence-electron chi connectivity index (χ2n) is 4.57. The quantitative estimate of drug-likeness (QED) is 0.762. The van der Waals surface area contributed by atoms with Crippen molar-refractivity contribution in [3.63, 3.8) is 0 Å². The van der Waals surface area contributed by atoms with Gasteiger partial charge >= 0.3 is 0 Å². The molecule has 0 amide bonds. The van der Waals surface area contributed by atoms with Crippen molar-refractivity contribution in [2.45, 2.75) is 40.0 Å². The lowest BCUT2D eigenvalue weighted by molar-refractivity contribution is 0.306. The summed E-state index contributed by atoms with van der Waals surface area (Å²) in [5.41, 5.74) is 3.73. The molecule has 0 aromatic carbocycles. The van der Waals surface area contributed by atoms with E-state index in [0.717, 1.165) is 36.3 Å². The largest absolute Gasteiger partial charge is 0.477 e. The average Bonchev–Trinajstić information content (AvgIpc) is 2.81. The van der Waals surface area contributed by atoms with Gasteiger partial charge in [0.15, 0.2) is 0 Å². The molecule has 0 aliphatic carbocycles. The molecule has 2 aromatic rings. The number of nitrogens with zero attached hydrogens (tertiary/aromatic N) is 3. The van der Waals surface area contributed by atoms with Crippen molar-refractivity contribution in [2.24, 2.45) is 0 Å². The molecule has 2 aromatic heterocycles. The SMILES string of the molecule is CCCc1nc(Cl)c(C)c(OCCc2scnc2C)n1. The summed E-state index contributed by atoms with van der Waals surface area (Å²) >= 11 is 7.77. The maximum absolute atomic E-state index is 6.12. The van der Waals surface area contributed by atoms with E-state index in [1.54, 1.807) is 11.3 Å². The normalized spacial score (nSPS) is 10.8. The summed E-state index contributed by atoms with van der Waals surface area (Å²) in [5.74, 6) is 1.34. The van der Waals surface area contributed by atoms with Crippen molar-refractivity contribution in [1.29, 1.82) is 0 Å². The number of thiazole rings is 1. The predicted molar refractivity (Wildman–Crippen MR) is 81.8 cm³/mol. The highest BCUT2D eigenvalue weighted by atomic mass is 35.5. The number of aromatic nitrogens is 3. The number of halogens is 1. The van der Waals surface area contributed by atoms with E-state index in [9.17, 15) is 0 Å². The Balaban J connectivity index is 2.03. The summed E-state index contributed by atoms with van der Waals surface area (Å²) in [6.45, 7) is 6.55. The fraction of sp³-hybridized carbons (Fsp3) is 0.500. The van der Waals surface area contributed by atoms with E-state index in [-0.39, 0.29) is 0 Å². The van der Waals surface area contributed by atoms with E-state index < -0.39 is 0 Å². The average molecular weight is 312 g/mol. The molecule has 108 valence electrons. The lowest BCUT2D eigenvalue weighted by atomic mass is 10.3. The molecule has 2 rings (SSSR count). The summed E-state index contributed by atoms with van der Waals surface area (Å²) < 4.78 is 5.78. The van der Waals surface area contributed by atoms with E-state index in [1.807, 2.05) is 19.4 Å². The molecule has 0 saturated heterocycles. The topological polar surface area (TPSA) is 47.9 Å². The summed E-state index contributed by atoms with van der Waals surface area (Å²) in [6.07, 6.45) is 2.63. The van der Waals surface area contributed by atoms with Gasteiger partial charge in [-0.2, -0.15) is 4.98 Å². The number of hydrogen-bond donors (Lipinski definition) is 0. The van der Waals surface area contributed by atoms with Gasteiger partial charge in [0, 0.05) is 23.3 Å². The summed E-state index contributed by atoms with van der Waals surface area (Å²) in [4.78, 5) is 14.2. The molecule has 0 N–H and O–H groups in total. The molecule has 0 aliphatic heterocycles. The van der Waals surface area contributed by atoms with E-state index in [4.69, 9.17) is 16.3 Å². The first-order valence-electron chi connectivity index (χ1n) is 6.66. The van der Waals surface area contributed by atoms with Gasteiger partial charge < -0.3 is 4.74 Å². The molecule has 20 heavy (non-hydrogen) atoms. The van der Waals surface area contributed by atoms with Gasteiger partial charge in [-0.3, -0.25) is 0 Å². The van der Waals surface area contributed by atoms with Crippen LogP contribution in [0.3, 0.4) is 0 Å². The van der Waals surface area contributed by atoms with Crippen LogP contribution in [-0.4, -0.2) is 21.6 Å². The molecular formula is C14H18ClN3OS. The first kappa shape index (κ1) is 15.2. The monoisotopic (exact) mass is 311 g/mol. The smallest absolute Gasteiger partial charge is 0.221 e. The van der Waals surface area contributed by atoms with E-state index in [0.29, 0.717) is 17.6 Å². The number of rotatable bonds is 6. The highest BCUT2D eigenvalue weighted by Gasteiger charge is 2.11. The van der Waals surface area contributed by atoms with Crippen molar-refractivity contribution >= 4 is 22.9 Å². The maximum atomic E-state index is 6.12. The fourth-order valence-corrected chi connectivity index (χ4v) is 2.73. The zero-order valence-corrected chi connectivity index (χ0v) is 13.5. The van der Waals surface area contributed by atoms with Gasteiger partial charge in [0.1, 0.15) is 11.0 Å². The van der Waals surface area contributed by atoms with Crippen molar-refractivity contribution in [2.75, 3.05) is 6.61 Å². The molecule has 0 radical (unpaired) electrons. The highest BCUT2D eigenvalue weighted by Crippen LogP contribution is 2.23. The summed E-state index contributed by atoms with van der Waals surface area (Å²) in [6, 6.07) is 0. The number of ether oxygens (including phenoxy) is 1. The minimum Gasteiger partial charge on any atom is -0.477 e. The Hall–Kier alpha value is -1.20. The lowest BCUT2D eigenvalue weighted by Gasteiger charge is -2.10. The van der Waals surface area contributed by atoms with Crippen LogP contribution in [-0.2, 0) is 12.8 Å². The Bertz CT molecular complexity index is 586. The van der Waals surface area contributed by atoms with Gasteiger partial charge in [-0.25, -0.2) is 9.97 Å². The van der Waals surface area contributed by atoms with Crippen molar-refractivity contribution in [1.82, 2.24) is 15.0 Å². The molecule has 6 heteroatoms. The van der Waals surface area contributed by atoms with Crippen LogP contribution >= 0.6 is 22.9 Å². The molecule has 0 spiro atoms. The molecule has 0 atom stereocenters. The third-order valence-corrected chi connectivity index (χ3v) is 4.34. The Kier molecular flexibility index (Phi) is 5.31. The van der Waals surface area contributed by atoms with Crippen molar-refractivity contribution in [3.8, 4) is 5.88 Å². The van der Waals surface area contributed by atoms with Crippen LogP contribution in [0, 0.1) is 13.8 Å². The Labute approximate surface area is 128 Å². The van der Waals surface area contributed by atoms with Gasteiger partial charge in [-0.1, -0.05) is 18.5 Å². The molecule has 0 aliphatic rings. The number of hydrogen-bond acceptors (Lipinski definition) is 5. The third-order valence-electron chi connectivity index (χ3n) is 2.97. The minimum atomic E-state index is 0.479. The van der Waals surface area contributed by atoms with E-state index >= 15 is 0 Å². The molecule has 4 nitrogen and oxygen atoms in total. The van der Waals surface area contributed by atoms with Gasteiger partial charge in [0.05, 0.1) is 17.8 Å². The van der Waals surface area contributed by atoms with Crippen molar-refractivity contribution in [3.05, 3.63) is 32.6 Å². The molecular weight excluding hydrogens is 294 g/mol. The second kappa shape index (κ2) is 6.99. The molecule has 2 heterocycles. The first-order valence-corrected chi connectivity index (χ1v) is 7.92. The highest BCUT2D eigenvalue weighted by molar-refractivity contribution is 7.09. The first-order chi connectivity index (χ1) is 9.61. The van der Waals surface area contributed by atoms with Crippen LogP contribution in [0.15, 0.2) is 5.51 Å². The van der Waals surface area contributed by atoms with Gasteiger partial charge in [0.25, 0.3) is 0 Å². The van der Waals surface area contributed by atoms with Crippen LogP contribution in [0.5, 0.6) is 5.88 Å². The predicted octanol–water partition coefficient (Wildman–Crippen LogP) is 3.78. The number of aryl methyl sites for hydroxylation is 2. The Morgan fingerprint density at radius 1 is 1.25 bits per heavy atom. The standard InChI is InChI=1S/C14H18ClN3OS/c1-4-5-12-17-13(15)9(2)14(18-12)19-7-6-11-10(3)16-8-20-11/h8H,4-7H2,1-3H3. The van der Waals surface area contributed by atoms with E-state index in [1.165, 1.54) is 4.88 Å².